The Hall–Kier alpha value is -3.35. The number of esters is 4. The van der Waals surface area contributed by atoms with Crippen molar-refractivity contribution in [1.29, 1.82) is 0 Å². The van der Waals surface area contributed by atoms with Crippen LogP contribution >= 0.6 is 0 Å². The Labute approximate surface area is 288 Å². The molecule has 243 valence electrons. The normalized spacial score (nSPS) is 20.6. The van der Waals surface area contributed by atoms with Crippen LogP contribution in [0, 0.1) is 6.07 Å². The Bertz CT molecular complexity index is 1300. The molecule has 45 heavy (non-hydrogen) atoms. The first-order chi connectivity index (χ1) is 20.6. The predicted octanol–water partition coefficient (Wildman–Crippen LogP) is 4.85. The Kier molecular flexibility index (Phi) is 16.4. The van der Waals surface area contributed by atoms with Crippen molar-refractivity contribution in [2.75, 3.05) is 6.61 Å². The van der Waals surface area contributed by atoms with Crippen LogP contribution in [0.15, 0.2) is 48.5 Å². The minimum atomic E-state index is -1.21. The summed E-state index contributed by atoms with van der Waals surface area (Å²) in [7, 11) is 0. The van der Waals surface area contributed by atoms with E-state index < -0.39 is 66.1 Å². The van der Waals surface area contributed by atoms with Crippen LogP contribution < -0.4 is 0 Å². The number of hydrogen-bond donors (Lipinski definition) is 0. The molecule has 0 saturated carbocycles. The topological polar surface area (TPSA) is 165 Å². The Balaban J connectivity index is 0.000000993. The second kappa shape index (κ2) is 18.6. The van der Waals surface area contributed by atoms with E-state index in [-0.39, 0.29) is 39.3 Å². The van der Waals surface area contributed by atoms with E-state index in [1.54, 1.807) is 26.8 Å². The van der Waals surface area contributed by atoms with Gasteiger partial charge in [-0.2, -0.15) is 35.9 Å². The summed E-state index contributed by atoms with van der Waals surface area (Å²) in [5.74, 6) is -2.54. The van der Waals surface area contributed by atoms with Gasteiger partial charge in [0.15, 0.2) is 18.3 Å². The minimum absolute atomic E-state index is 0. The summed E-state index contributed by atoms with van der Waals surface area (Å²) in [6.45, 7) is 9.73. The van der Waals surface area contributed by atoms with Crippen LogP contribution in [0.4, 0.5) is 4.79 Å². The summed E-state index contributed by atoms with van der Waals surface area (Å²) in [5, 5.41) is 0. The molecule has 0 aromatic heterocycles. The average Bonchev–Trinajstić information content (AvgIpc) is 2.89. The first-order valence-corrected chi connectivity index (χ1v) is 13.8. The number of nitrogens with one attached hydrogen (secondary N) is 1. The fraction of sp³-hybridized carbons (Fsp3) is 0.469. The number of amides is 1. The minimum Gasteiger partial charge on any atom is -0.632 e. The molecule has 2 aromatic rings. The van der Waals surface area contributed by atoms with Crippen LogP contribution in [0.2, 0.25) is 0 Å². The summed E-state index contributed by atoms with van der Waals surface area (Å²) >= 11 is 0. The SMILES string of the molecule is CC(=O)OC[C@H]1O[C@@H](c2cccc(Cc3cc[c-]cc3)c2)[C@H](OC(C)=O)[C@@H](OC(C)=O)C1OC(C)=O.CC(C)(C)OC([NH-])=O.[Y]. The van der Waals surface area contributed by atoms with Gasteiger partial charge in [-0.1, -0.05) is 24.3 Å². The van der Waals surface area contributed by atoms with Gasteiger partial charge in [-0.25, -0.2) is 0 Å². The van der Waals surface area contributed by atoms with Crippen molar-refractivity contribution in [3.05, 3.63) is 77.0 Å². The predicted molar refractivity (Wildman–Crippen MR) is 156 cm³/mol. The van der Waals surface area contributed by atoms with E-state index in [1.807, 2.05) is 42.5 Å². The van der Waals surface area contributed by atoms with E-state index in [0.29, 0.717) is 12.0 Å². The number of hydrogen-bond acceptors (Lipinski definition) is 11. The molecule has 3 rings (SSSR count). The summed E-state index contributed by atoms with van der Waals surface area (Å²) in [4.78, 5) is 57.4. The third-order valence-corrected chi connectivity index (χ3v) is 5.86. The fourth-order valence-electron chi connectivity index (χ4n) is 4.43. The molecule has 1 amide bonds. The molecular formula is C32H39NO11Y-2. The largest absolute Gasteiger partial charge is 0.632 e. The first-order valence-electron chi connectivity index (χ1n) is 13.8. The first kappa shape index (κ1) is 39.7. The zero-order chi connectivity index (χ0) is 33.0. The molecule has 12 nitrogen and oxygen atoms in total. The van der Waals surface area contributed by atoms with Crippen molar-refractivity contribution in [1.82, 2.24) is 0 Å². The van der Waals surface area contributed by atoms with Crippen molar-refractivity contribution >= 4 is 30.0 Å². The second-order valence-corrected chi connectivity index (χ2v) is 11.0. The molecule has 1 fully saturated rings. The average molecular weight is 703 g/mol. The van der Waals surface area contributed by atoms with Gasteiger partial charge in [0.2, 0.25) is 6.09 Å². The maximum absolute atomic E-state index is 12.1. The molecule has 2 aromatic carbocycles. The van der Waals surface area contributed by atoms with Crippen LogP contribution in [-0.4, -0.2) is 66.6 Å². The van der Waals surface area contributed by atoms with E-state index in [4.69, 9.17) is 29.4 Å². The zero-order valence-electron chi connectivity index (χ0n) is 26.5. The van der Waals surface area contributed by atoms with E-state index >= 15 is 0 Å². The molecule has 0 aliphatic carbocycles. The second-order valence-electron chi connectivity index (χ2n) is 11.0. The zero-order valence-corrected chi connectivity index (χ0v) is 29.3. The number of benzene rings is 2. The number of carbonyl (C=O) groups is 5. The third-order valence-electron chi connectivity index (χ3n) is 5.86. The van der Waals surface area contributed by atoms with Crippen molar-refractivity contribution in [3.63, 3.8) is 0 Å². The van der Waals surface area contributed by atoms with E-state index in [0.717, 1.165) is 11.1 Å². The van der Waals surface area contributed by atoms with Gasteiger partial charge in [0.25, 0.3) is 0 Å². The van der Waals surface area contributed by atoms with Gasteiger partial charge in [-0.05, 0) is 38.3 Å². The molecule has 1 N–H and O–H groups in total. The molecule has 1 radical (unpaired) electrons. The molecule has 1 saturated heterocycles. The number of carbonyl (C=O) groups excluding carboxylic acids is 5. The maximum Gasteiger partial charge on any atom is 0.303 e. The molecule has 0 spiro atoms. The summed E-state index contributed by atoms with van der Waals surface area (Å²) < 4.78 is 32.4. The quantitative estimate of drug-likeness (QED) is 0.210. The van der Waals surface area contributed by atoms with Gasteiger partial charge in [-0.3, -0.25) is 24.0 Å². The maximum atomic E-state index is 12.1. The van der Waals surface area contributed by atoms with E-state index in [1.165, 1.54) is 27.7 Å². The molecular weight excluding hydrogens is 663 g/mol. The standard InChI is InChI=1S/C27H29O9.C5H11NO2.Y/c1-16(28)32-15-23-25(33-17(2)29)27(35-19(4)31)26(34-18(3)30)24(36-23)22-12-8-11-21(14-22)13-20-9-6-5-7-10-20;1-5(2,3)8-4(6)7;/h6-12,14,23-27H,13,15H2,1-4H3;1-3H3,(H2,6,7);/q-1;;/p-1/t23-,24+,25?,26+,27+;;/m1../s1. The van der Waals surface area contributed by atoms with Gasteiger partial charge in [0.05, 0.1) is 0 Å². The third kappa shape index (κ3) is 14.5. The van der Waals surface area contributed by atoms with Crippen molar-refractivity contribution in [3.8, 4) is 0 Å². The fourth-order valence-corrected chi connectivity index (χ4v) is 4.43. The Morgan fingerprint density at radius 3 is 1.84 bits per heavy atom. The molecule has 1 aliphatic heterocycles. The van der Waals surface area contributed by atoms with Gasteiger partial charge >= 0.3 is 23.9 Å². The van der Waals surface area contributed by atoms with Crippen molar-refractivity contribution in [2.24, 2.45) is 0 Å². The van der Waals surface area contributed by atoms with Gasteiger partial charge < -0.3 is 34.2 Å². The van der Waals surface area contributed by atoms with Gasteiger partial charge in [0, 0.05) is 60.4 Å². The van der Waals surface area contributed by atoms with Crippen LogP contribution in [0.25, 0.3) is 5.73 Å². The van der Waals surface area contributed by atoms with Gasteiger partial charge in [-0.15, -0.1) is 0 Å². The number of ether oxygens (including phenoxy) is 6. The molecule has 0 bridgehead atoms. The Morgan fingerprint density at radius 2 is 1.36 bits per heavy atom. The number of rotatable bonds is 8. The van der Waals surface area contributed by atoms with Crippen LogP contribution in [0.5, 0.6) is 0 Å². The van der Waals surface area contributed by atoms with Crippen molar-refractivity contribution in [2.45, 2.75) is 91.0 Å². The molecule has 5 atom stereocenters. The van der Waals surface area contributed by atoms with Crippen LogP contribution in [0.1, 0.15) is 71.3 Å². The van der Waals surface area contributed by atoms with Gasteiger partial charge in [0.1, 0.15) is 24.4 Å². The molecule has 13 heteroatoms. The summed E-state index contributed by atoms with van der Waals surface area (Å²) in [6, 6.07) is 18.1. The van der Waals surface area contributed by atoms with E-state index in [9.17, 15) is 24.0 Å². The van der Waals surface area contributed by atoms with Crippen molar-refractivity contribution < 1.29 is 85.1 Å². The Morgan fingerprint density at radius 1 is 0.800 bits per heavy atom. The monoisotopic (exact) mass is 702 g/mol. The smallest absolute Gasteiger partial charge is 0.303 e. The molecule has 1 unspecified atom stereocenters. The molecule has 1 aliphatic rings. The summed E-state index contributed by atoms with van der Waals surface area (Å²) in [5.41, 5.74) is 8.54. The molecule has 1 heterocycles. The van der Waals surface area contributed by atoms with E-state index in [2.05, 4.69) is 10.8 Å². The van der Waals surface area contributed by atoms with Crippen LogP contribution in [-0.2, 0) is 86.7 Å². The van der Waals surface area contributed by atoms with Crippen LogP contribution in [0.3, 0.4) is 0 Å². The summed E-state index contributed by atoms with van der Waals surface area (Å²) in [6.07, 6.45) is -5.77.